The molecule has 0 aliphatic heterocycles. The molecule has 2 amide bonds. The molecule has 0 aromatic carbocycles. The summed E-state index contributed by atoms with van der Waals surface area (Å²) in [5.41, 5.74) is 1.91. The average Bonchev–Trinajstić information content (AvgIpc) is 2.25. The molecule has 5 heteroatoms. The molecule has 1 aromatic rings. The van der Waals surface area contributed by atoms with Gasteiger partial charge in [0.2, 0.25) is 0 Å². The molecule has 5 nitrogen and oxygen atoms in total. The van der Waals surface area contributed by atoms with Gasteiger partial charge in [0.1, 0.15) is 5.82 Å². The van der Waals surface area contributed by atoms with E-state index in [1.165, 1.54) is 0 Å². The van der Waals surface area contributed by atoms with Crippen molar-refractivity contribution in [3.05, 3.63) is 23.4 Å². The lowest BCUT2D eigenvalue weighted by molar-refractivity contribution is 0.204. The molecule has 0 aliphatic carbocycles. The van der Waals surface area contributed by atoms with E-state index in [-0.39, 0.29) is 24.6 Å². The highest BCUT2D eigenvalue weighted by Crippen LogP contribution is 2.09. The third-order valence-corrected chi connectivity index (χ3v) is 2.84. The van der Waals surface area contributed by atoms with Crippen molar-refractivity contribution in [2.24, 2.45) is 5.92 Å². The first-order chi connectivity index (χ1) is 8.42. The average molecular weight is 251 g/mol. The van der Waals surface area contributed by atoms with Crippen LogP contribution >= 0.6 is 0 Å². The first-order valence-electron chi connectivity index (χ1n) is 6.06. The van der Waals surface area contributed by atoms with Gasteiger partial charge >= 0.3 is 6.03 Å². The van der Waals surface area contributed by atoms with Crippen LogP contribution in [0.3, 0.4) is 0 Å². The van der Waals surface area contributed by atoms with E-state index in [0.717, 1.165) is 11.3 Å². The van der Waals surface area contributed by atoms with Gasteiger partial charge in [-0.1, -0.05) is 6.92 Å². The van der Waals surface area contributed by atoms with Crippen molar-refractivity contribution in [3.63, 3.8) is 0 Å². The molecule has 0 radical (unpaired) electrons. The highest BCUT2D eigenvalue weighted by molar-refractivity contribution is 5.88. The molecule has 0 saturated heterocycles. The summed E-state index contributed by atoms with van der Waals surface area (Å²) in [5.74, 6) is 0.553. The van der Waals surface area contributed by atoms with Gasteiger partial charge in [-0.05, 0) is 44.4 Å². The minimum absolute atomic E-state index is 0.0166. The van der Waals surface area contributed by atoms with E-state index >= 15 is 0 Å². The number of hydrogen-bond acceptors (Lipinski definition) is 3. The Labute approximate surface area is 108 Å². The first kappa shape index (κ1) is 14.4. The number of amides is 2. The van der Waals surface area contributed by atoms with Crippen LogP contribution in [0.15, 0.2) is 12.1 Å². The predicted molar refractivity (Wildman–Crippen MR) is 71.6 cm³/mol. The van der Waals surface area contributed by atoms with Crippen LogP contribution in [0.5, 0.6) is 0 Å². The lowest BCUT2D eigenvalue weighted by Crippen LogP contribution is -2.41. The zero-order valence-electron chi connectivity index (χ0n) is 11.3. The summed E-state index contributed by atoms with van der Waals surface area (Å²) in [6.07, 6.45) is 0. The van der Waals surface area contributed by atoms with Gasteiger partial charge in [0.15, 0.2) is 0 Å². The van der Waals surface area contributed by atoms with Crippen LogP contribution in [0, 0.1) is 19.8 Å². The number of nitrogens with zero attached hydrogens (tertiary/aromatic N) is 1. The van der Waals surface area contributed by atoms with Crippen molar-refractivity contribution >= 4 is 11.8 Å². The summed E-state index contributed by atoms with van der Waals surface area (Å²) in [6, 6.07) is 3.35. The smallest absolute Gasteiger partial charge is 0.320 e. The molecule has 3 N–H and O–H groups in total. The van der Waals surface area contributed by atoms with Crippen LogP contribution in [-0.2, 0) is 0 Å². The Bertz CT molecular complexity index is 400. The second kappa shape index (κ2) is 6.35. The van der Waals surface area contributed by atoms with Crippen molar-refractivity contribution < 1.29 is 9.90 Å². The maximum atomic E-state index is 11.7. The second-order valence-corrected chi connectivity index (χ2v) is 4.72. The molecule has 0 saturated carbocycles. The van der Waals surface area contributed by atoms with E-state index in [4.69, 9.17) is 5.11 Å². The van der Waals surface area contributed by atoms with Gasteiger partial charge in [-0.2, -0.15) is 0 Å². The molecule has 0 bridgehead atoms. The van der Waals surface area contributed by atoms with Gasteiger partial charge in [-0.25, -0.2) is 9.78 Å². The Morgan fingerprint density at radius 2 is 2.06 bits per heavy atom. The molecule has 18 heavy (non-hydrogen) atoms. The fourth-order valence-corrected chi connectivity index (χ4v) is 1.56. The molecule has 1 rings (SSSR count). The monoisotopic (exact) mass is 251 g/mol. The largest absolute Gasteiger partial charge is 0.396 e. The molecule has 0 fully saturated rings. The lowest BCUT2D eigenvalue weighted by Gasteiger charge is -2.19. The predicted octanol–water partition coefficient (Wildman–Crippen LogP) is 1.84. The number of nitrogens with one attached hydrogen (secondary N) is 2. The molecular weight excluding hydrogens is 230 g/mol. The van der Waals surface area contributed by atoms with Crippen LogP contribution in [0.4, 0.5) is 10.6 Å². The van der Waals surface area contributed by atoms with E-state index in [1.54, 1.807) is 0 Å². The number of pyridine rings is 1. The van der Waals surface area contributed by atoms with Gasteiger partial charge in [0.05, 0.1) is 0 Å². The molecule has 0 aliphatic rings. The maximum absolute atomic E-state index is 11.7. The number of rotatable bonds is 4. The SMILES string of the molecule is Cc1cc(C)nc(NC(=O)N[C@@H](C)[C@@H](C)CO)c1. The summed E-state index contributed by atoms with van der Waals surface area (Å²) in [4.78, 5) is 15.9. The summed E-state index contributed by atoms with van der Waals surface area (Å²) in [6.45, 7) is 7.61. The van der Waals surface area contributed by atoms with Gasteiger partial charge in [0.25, 0.3) is 0 Å². The number of anilines is 1. The molecule has 2 atom stereocenters. The number of urea groups is 1. The van der Waals surface area contributed by atoms with E-state index < -0.39 is 0 Å². The van der Waals surface area contributed by atoms with E-state index in [9.17, 15) is 4.79 Å². The van der Waals surface area contributed by atoms with Crippen LogP contribution in [0.25, 0.3) is 0 Å². The van der Waals surface area contributed by atoms with Crippen molar-refractivity contribution in [3.8, 4) is 0 Å². The number of aryl methyl sites for hydroxylation is 2. The normalized spacial score (nSPS) is 13.8. The van der Waals surface area contributed by atoms with Gasteiger partial charge in [0, 0.05) is 18.3 Å². The fraction of sp³-hybridized carbons (Fsp3) is 0.538. The number of carbonyl (C=O) groups is 1. The third-order valence-electron chi connectivity index (χ3n) is 2.84. The third kappa shape index (κ3) is 4.33. The van der Waals surface area contributed by atoms with Gasteiger partial charge < -0.3 is 10.4 Å². The van der Waals surface area contributed by atoms with Crippen molar-refractivity contribution in [1.29, 1.82) is 0 Å². The van der Waals surface area contributed by atoms with E-state index in [2.05, 4.69) is 15.6 Å². The van der Waals surface area contributed by atoms with E-state index in [1.807, 2.05) is 39.8 Å². The molecule has 1 aromatic heterocycles. The van der Waals surface area contributed by atoms with Crippen molar-refractivity contribution in [2.75, 3.05) is 11.9 Å². The van der Waals surface area contributed by atoms with Crippen molar-refractivity contribution in [1.82, 2.24) is 10.3 Å². The van der Waals surface area contributed by atoms with Crippen molar-refractivity contribution in [2.45, 2.75) is 33.7 Å². The van der Waals surface area contributed by atoms with Crippen LogP contribution in [0.1, 0.15) is 25.1 Å². The Morgan fingerprint density at radius 3 is 2.61 bits per heavy atom. The van der Waals surface area contributed by atoms with Crippen LogP contribution in [-0.4, -0.2) is 28.8 Å². The fourth-order valence-electron chi connectivity index (χ4n) is 1.56. The Morgan fingerprint density at radius 1 is 1.39 bits per heavy atom. The zero-order chi connectivity index (χ0) is 13.7. The van der Waals surface area contributed by atoms with E-state index in [0.29, 0.717) is 5.82 Å². The minimum Gasteiger partial charge on any atom is -0.396 e. The Kier molecular flexibility index (Phi) is 5.09. The Hall–Kier alpha value is -1.62. The summed E-state index contributed by atoms with van der Waals surface area (Å²) < 4.78 is 0. The van der Waals surface area contributed by atoms with Crippen LogP contribution in [0.2, 0.25) is 0 Å². The number of aliphatic hydroxyl groups excluding tert-OH is 1. The molecule has 0 unspecified atom stereocenters. The molecule has 100 valence electrons. The van der Waals surface area contributed by atoms with Gasteiger partial charge in [-0.15, -0.1) is 0 Å². The Balaban J connectivity index is 2.59. The quantitative estimate of drug-likeness (QED) is 0.764. The number of hydrogen-bond donors (Lipinski definition) is 3. The maximum Gasteiger partial charge on any atom is 0.320 e. The van der Waals surface area contributed by atoms with Crippen LogP contribution < -0.4 is 10.6 Å². The summed E-state index contributed by atoms with van der Waals surface area (Å²) >= 11 is 0. The summed E-state index contributed by atoms with van der Waals surface area (Å²) in [5, 5.41) is 14.5. The second-order valence-electron chi connectivity index (χ2n) is 4.72. The summed E-state index contributed by atoms with van der Waals surface area (Å²) in [7, 11) is 0. The highest BCUT2D eigenvalue weighted by Gasteiger charge is 2.14. The molecule has 1 heterocycles. The van der Waals surface area contributed by atoms with Gasteiger partial charge in [-0.3, -0.25) is 5.32 Å². The highest BCUT2D eigenvalue weighted by atomic mass is 16.3. The number of aliphatic hydroxyl groups is 1. The molecular formula is C13H21N3O2. The standard InChI is InChI=1S/C13H21N3O2/c1-8-5-10(3)14-12(6-8)16-13(18)15-11(4)9(2)7-17/h5-6,9,11,17H,7H2,1-4H3,(H2,14,15,16,18)/t9-,11-/m0/s1. The topological polar surface area (TPSA) is 74.2 Å². The number of carbonyl (C=O) groups excluding carboxylic acids is 1. The first-order valence-corrected chi connectivity index (χ1v) is 6.06. The number of aromatic nitrogens is 1. The minimum atomic E-state index is -0.305. The zero-order valence-corrected chi connectivity index (χ0v) is 11.3. The molecule has 0 spiro atoms. The lowest BCUT2D eigenvalue weighted by atomic mass is 10.1.